The molecule has 128 valence electrons. The fourth-order valence-electron chi connectivity index (χ4n) is 3.02. The molecule has 3 aromatic rings. The molecule has 0 spiro atoms. The Morgan fingerprint density at radius 2 is 1.75 bits per heavy atom. The number of aromatic nitrogens is 2. The van der Waals surface area contributed by atoms with Crippen LogP contribution in [0, 0.1) is 13.8 Å². The number of pyridine rings is 1. The highest BCUT2D eigenvalue weighted by molar-refractivity contribution is 5.95. The van der Waals surface area contributed by atoms with E-state index in [9.17, 15) is 0 Å². The largest absolute Gasteiger partial charge is 0.497 e. The fraction of sp³-hybridized carbons (Fsp3) is 0.316. The van der Waals surface area contributed by atoms with Gasteiger partial charge >= 0.3 is 0 Å². The van der Waals surface area contributed by atoms with Gasteiger partial charge in [-0.15, -0.1) is 12.4 Å². The number of methoxy groups -OCH3 is 2. The van der Waals surface area contributed by atoms with Crippen LogP contribution in [0.2, 0.25) is 0 Å². The zero-order chi connectivity index (χ0) is 16.4. The Morgan fingerprint density at radius 3 is 2.38 bits per heavy atom. The van der Waals surface area contributed by atoms with Crippen molar-refractivity contribution >= 4 is 23.3 Å². The highest BCUT2D eigenvalue weighted by Crippen LogP contribution is 2.32. The lowest BCUT2D eigenvalue weighted by Gasteiger charge is -2.11. The van der Waals surface area contributed by atoms with Gasteiger partial charge in [-0.2, -0.15) is 0 Å². The Kier molecular flexibility index (Phi) is 5.86. The molecule has 0 radical (unpaired) electrons. The summed E-state index contributed by atoms with van der Waals surface area (Å²) in [7, 11) is 3.41. The van der Waals surface area contributed by atoms with Crippen molar-refractivity contribution in [3.63, 3.8) is 0 Å². The number of nitrogens with zero attached hydrogens (tertiary/aromatic N) is 2. The van der Waals surface area contributed by atoms with Crippen LogP contribution in [0.3, 0.4) is 0 Å². The molecular weight excluding hydrogens is 324 g/mol. The predicted octanol–water partition coefficient (Wildman–Crippen LogP) is 4.40. The minimum atomic E-state index is 0. The van der Waals surface area contributed by atoms with Crippen LogP contribution in [0.1, 0.15) is 11.3 Å². The summed E-state index contributed by atoms with van der Waals surface area (Å²) >= 11 is 0. The Bertz CT molecular complexity index is 825. The molecule has 0 aliphatic rings. The zero-order valence-electron chi connectivity index (χ0n) is 14.5. The van der Waals surface area contributed by atoms with E-state index in [1.165, 1.54) is 22.2 Å². The number of benzene rings is 1. The summed E-state index contributed by atoms with van der Waals surface area (Å²) < 4.78 is 12.8. The topological polar surface area (TPSA) is 36.3 Å². The average Bonchev–Trinajstić information content (AvgIpc) is 2.84. The van der Waals surface area contributed by atoms with Crippen LogP contribution < -0.4 is 4.74 Å². The lowest BCUT2D eigenvalue weighted by Crippen LogP contribution is -2.06. The third-order valence-electron chi connectivity index (χ3n) is 4.43. The normalized spacial score (nSPS) is 10.7. The number of ether oxygens (including phenoxy) is 2. The van der Waals surface area contributed by atoms with Crippen LogP contribution in [0.15, 0.2) is 36.5 Å². The van der Waals surface area contributed by atoms with E-state index in [4.69, 9.17) is 9.47 Å². The Morgan fingerprint density at radius 1 is 1.04 bits per heavy atom. The predicted molar refractivity (Wildman–Crippen MR) is 100 cm³/mol. The number of halogens is 1. The molecule has 0 aliphatic heterocycles. The number of hydrogen-bond acceptors (Lipinski definition) is 3. The van der Waals surface area contributed by atoms with E-state index in [2.05, 4.69) is 41.6 Å². The average molecular weight is 347 g/mol. The van der Waals surface area contributed by atoms with E-state index in [0.29, 0.717) is 6.61 Å². The highest BCUT2D eigenvalue weighted by atomic mass is 35.5. The maximum absolute atomic E-state index is 5.28. The first-order valence-corrected chi connectivity index (χ1v) is 7.75. The fourth-order valence-corrected chi connectivity index (χ4v) is 3.02. The molecule has 0 saturated carbocycles. The SMILES string of the molecule is COCCn1c(C)c(C)c2ccnc(-c3ccc(OC)cc3)c21.Cl. The van der Waals surface area contributed by atoms with Gasteiger partial charge in [-0.05, 0) is 49.7 Å². The minimum Gasteiger partial charge on any atom is -0.497 e. The molecular formula is C19H23ClN2O2. The summed E-state index contributed by atoms with van der Waals surface area (Å²) in [5.74, 6) is 0.850. The Hall–Kier alpha value is -2.04. The molecule has 0 aliphatic carbocycles. The van der Waals surface area contributed by atoms with Crippen LogP contribution >= 0.6 is 12.4 Å². The van der Waals surface area contributed by atoms with Gasteiger partial charge < -0.3 is 14.0 Å². The number of aryl methyl sites for hydroxylation is 1. The molecule has 24 heavy (non-hydrogen) atoms. The van der Waals surface area contributed by atoms with Gasteiger partial charge in [0.05, 0.1) is 24.9 Å². The maximum Gasteiger partial charge on any atom is 0.118 e. The van der Waals surface area contributed by atoms with E-state index in [1.807, 2.05) is 18.3 Å². The van der Waals surface area contributed by atoms with Crippen LogP contribution in [-0.4, -0.2) is 30.4 Å². The van der Waals surface area contributed by atoms with Crippen molar-refractivity contribution in [2.24, 2.45) is 0 Å². The second kappa shape index (κ2) is 7.69. The van der Waals surface area contributed by atoms with E-state index in [1.54, 1.807) is 14.2 Å². The Labute approximate surface area is 148 Å². The molecule has 0 unspecified atom stereocenters. The van der Waals surface area contributed by atoms with Gasteiger partial charge in [-0.3, -0.25) is 4.98 Å². The van der Waals surface area contributed by atoms with Gasteiger partial charge in [0.1, 0.15) is 5.75 Å². The van der Waals surface area contributed by atoms with Gasteiger partial charge in [-0.25, -0.2) is 0 Å². The molecule has 2 aromatic heterocycles. The van der Waals surface area contributed by atoms with Crippen molar-refractivity contribution in [2.45, 2.75) is 20.4 Å². The maximum atomic E-state index is 5.28. The smallest absolute Gasteiger partial charge is 0.118 e. The minimum absolute atomic E-state index is 0. The summed E-state index contributed by atoms with van der Waals surface area (Å²) in [4.78, 5) is 4.65. The summed E-state index contributed by atoms with van der Waals surface area (Å²) in [6.07, 6.45) is 1.88. The van der Waals surface area contributed by atoms with Gasteiger partial charge in [0.15, 0.2) is 0 Å². The van der Waals surface area contributed by atoms with E-state index in [-0.39, 0.29) is 12.4 Å². The molecule has 0 N–H and O–H groups in total. The van der Waals surface area contributed by atoms with Crippen LogP contribution in [0.25, 0.3) is 22.2 Å². The molecule has 4 nitrogen and oxygen atoms in total. The highest BCUT2D eigenvalue weighted by Gasteiger charge is 2.16. The van der Waals surface area contributed by atoms with E-state index >= 15 is 0 Å². The molecule has 5 heteroatoms. The Balaban J connectivity index is 0.00000208. The molecule has 0 atom stereocenters. The molecule has 1 aromatic carbocycles. The standard InChI is InChI=1S/C19H22N2O2.ClH/c1-13-14(2)21(11-12-22-3)19-17(13)9-10-20-18(19)15-5-7-16(23-4)8-6-15;/h5-10H,11-12H2,1-4H3;1H. The summed E-state index contributed by atoms with van der Waals surface area (Å²) in [6, 6.07) is 10.1. The lowest BCUT2D eigenvalue weighted by atomic mass is 10.1. The van der Waals surface area contributed by atoms with Gasteiger partial charge in [0, 0.05) is 36.5 Å². The molecule has 3 rings (SSSR count). The van der Waals surface area contributed by atoms with Gasteiger partial charge in [0.25, 0.3) is 0 Å². The number of hydrogen-bond donors (Lipinski definition) is 0. The first-order chi connectivity index (χ1) is 11.2. The second-order valence-corrected chi connectivity index (χ2v) is 5.64. The quantitative estimate of drug-likeness (QED) is 0.687. The lowest BCUT2D eigenvalue weighted by molar-refractivity contribution is 0.188. The van der Waals surface area contributed by atoms with Crippen LogP contribution in [0.4, 0.5) is 0 Å². The van der Waals surface area contributed by atoms with Crippen LogP contribution in [-0.2, 0) is 11.3 Å². The molecule has 0 bridgehead atoms. The van der Waals surface area contributed by atoms with Gasteiger partial charge in [-0.1, -0.05) is 0 Å². The first kappa shape index (κ1) is 18.3. The van der Waals surface area contributed by atoms with Gasteiger partial charge in [0.2, 0.25) is 0 Å². The van der Waals surface area contributed by atoms with Crippen molar-refractivity contribution in [1.82, 2.24) is 9.55 Å². The molecule has 0 fully saturated rings. The summed E-state index contributed by atoms with van der Waals surface area (Å²) in [5.41, 5.74) is 5.82. The van der Waals surface area contributed by atoms with E-state index < -0.39 is 0 Å². The van der Waals surface area contributed by atoms with E-state index in [0.717, 1.165) is 23.6 Å². The van der Waals surface area contributed by atoms with Crippen molar-refractivity contribution < 1.29 is 9.47 Å². The zero-order valence-corrected chi connectivity index (χ0v) is 15.3. The van der Waals surface area contributed by atoms with Crippen molar-refractivity contribution in [3.05, 3.63) is 47.8 Å². The second-order valence-electron chi connectivity index (χ2n) is 5.64. The monoisotopic (exact) mass is 346 g/mol. The summed E-state index contributed by atoms with van der Waals surface area (Å²) in [6.45, 7) is 5.82. The van der Waals surface area contributed by atoms with Crippen molar-refractivity contribution in [2.75, 3.05) is 20.8 Å². The first-order valence-electron chi connectivity index (χ1n) is 7.75. The third kappa shape index (κ3) is 3.12. The summed E-state index contributed by atoms with van der Waals surface area (Å²) in [5, 5.41) is 1.25. The third-order valence-corrected chi connectivity index (χ3v) is 4.43. The van der Waals surface area contributed by atoms with Crippen molar-refractivity contribution in [1.29, 1.82) is 0 Å². The van der Waals surface area contributed by atoms with Crippen LogP contribution in [0.5, 0.6) is 5.75 Å². The number of fused-ring (bicyclic) bond motifs is 1. The molecule has 2 heterocycles. The molecule has 0 saturated heterocycles. The molecule has 0 amide bonds. The number of rotatable bonds is 5. The van der Waals surface area contributed by atoms with Crippen molar-refractivity contribution in [3.8, 4) is 17.0 Å².